The minimum absolute atomic E-state index is 0.347. The van der Waals surface area contributed by atoms with Gasteiger partial charge in [0.05, 0.1) is 0 Å². The molecule has 0 saturated carbocycles. The summed E-state index contributed by atoms with van der Waals surface area (Å²) in [6.45, 7) is 0. The second-order valence-electron chi connectivity index (χ2n) is 1.69. The van der Waals surface area contributed by atoms with E-state index in [-0.39, 0.29) is 0 Å². The predicted octanol–water partition coefficient (Wildman–Crippen LogP) is 3.17. The molecular weight excluding hydrogens is 208 g/mol. The van der Waals surface area contributed by atoms with Gasteiger partial charge in [-0.3, -0.25) is 0 Å². The molecule has 0 N–H and O–H groups in total. The lowest BCUT2D eigenvalue weighted by Gasteiger charge is -1.95. The van der Waals surface area contributed by atoms with Gasteiger partial charge in [0.25, 0.3) is 0 Å². The zero-order valence-electron chi connectivity index (χ0n) is 7.38. The number of rotatable bonds is 3. The van der Waals surface area contributed by atoms with Crippen LogP contribution in [0.3, 0.4) is 0 Å². The van der Waals surface area contributed by atoms with Gasteiger partial charge in [0.1, 0.15) is 0 Å². The van der Waals surface area contributed by atoms with Crippen LogP contribution in [0, 0.1) is 0 Å². The highest BCUT2D eigenvalue weighted by Crippen LogP contribution is 2.16. The first-order valence-corrected chi connectivity index (χ1v) is 4.88. The summed E-state index contributed by atoms with van der Waals surface area (Å²) in [5.74, 6) is 0. The number of halogens is 1. The number of alkyl halides is 1. The molecule has 0 spiro atoms. The first-order chi connectivity index (χ1) is 5.64. The minimum Gasteiger partial charge on any atom is -0.125 e. The fourth-order valence-corrected chi connectivity index (χ4v) is 1.46. The van der Waals surface area contributed by atoms with Gasteiger partial charge in [0.2, 0.25) is 0 Å². The van der Waals surface area contributed by atoms with Crippen molar-refractivity contribution < 1.29 is 2.74 Å². The van der Waals surface area contributed by atoms with Crippen LogP contribution in [0.1, 0.15) is 2.74 Å². The molecule has 0 unspecified atom stereocenters. The summed E-state index contributed by atoms with van der Waals surface area (Å²) in [4.78, 5) is 0.960. The number of hydrogen-bond acceptors (Lipinski definition) is 1. The van der Waals surface area contributed by atoms with Crippen molar-refractivity contribution in [2.75, 3.05) is 11.0 Å². The normalized spacial score (nSPS) is 14.1. The lowest BCUT2D eigenvalue weighted by Crippen LogP contribution is -1.76. The Balaban J connectivity index is 2.64. The smallest absolute Gasteiger partial charge is 0.0393 e. The zero-order chi connectivity index (χ0) is 9.03. The summed E-state index contributed by atoms with van der Waals surface area (Å²) in [7, 11) is 0. The van der Waals surface area contributed by atoms with Gasteiger partial charge >= 0.3 is 0 Å². The van der Waals surface area contributed by atoms with Crippen molar-refractivity contribution in [3.8, 4) is 0 Å². The molecule has 0 bridgehead atoms. The molecule has 0 saturated heterocycles. The molecule has 0 amide bonds. The quantitative estimate of drug-likeness (QED) is 0.555. The lowest BCUT2D eigenvalue weighted by atomic mass is 10.4. The summed E-state index contributed by atoms with van der Waals surface area (Å²) in [6, 6.07) is 9.56. The van der Waals surface area contributed by atoms with E-state index in [4.69, 9.17) is 2.74 Å². The van der Waals surface area contributed by atoms with Gasteiger partial charge in [-0.05, 0) is 12.1 Å². The Morgan fingerprint density at radius 2 is 2.10 bits per heavy atom. The van der Waals surface area contributed by atoms with Gasteiger partial charge in [0.15, 0.2) is 0 Å². The number of thioether (sulfide) groups is 1. The van der Waals surface area contributed by atoms with Crippen LogP contribution in [-0.4, -0.2) is 11.0 Å². The average Bonchev–Trinajstić information content (AvgIpc) is 2.06. The van der Waals surface area contributed by atoms with E-state index in [9.17, 15) is 0 Å². The van der Waals surface area contributed by atoms with Crippen molar-refractivity contribution in [2.24, 2.45) is 0 Å². The molecule has 1 aromatic rings. The molecule has 10 heavy (non-hydrogen) atoms. The first-order valence-electron chi connectivity index (χ1n) is 3.94. The van der Waals surface area contributed by atoms with Gasteiger partial charge < -0.3 is 0 Å². The minimum atomic E-state index is -1.22. The van der Waals surface area contributed by atoms with Crippen molar-refractivity contribution in [1.29, 1.82) is 0 Å². The predicted molar refractivity (Wildman–Crippen MR) is 51.0 cm³/mol. The molecule has 1 aromatic carbocycles. The lowest BCUT2D eigenvalue weighted by molar-refractivity contribution is 1.44. The Bertz CT molecular complexity index is 238. The van der Waals surface area contributed by atoms with E-state index < -0.39 is 5.70 Å². The van der Waals surface area contributed by atoms with Crippen molar-refractivity contribution >= 4 is 27.7 Å². The standard InChI is InChI=1S/C8H9BrS/c9-6-7-10-8-4-2-1-3-5-8/h1-5H,6-7H2/i7D2. The van der Waals surface area contributed by atoms with Gasteiger partial charge in [-0.25, -0.2) is 0 Å². The summed E-state index contributed by atoms with van der Waals surface area (Å²) >= 11 is 4.36. The maximum atomic E-state index is 7.50. The molecular formula is C8H9BrS. The second kappa shape index (κ2) is 4.80. The molecule has 0 nitrogen and oxygen atoms in total. The molecule has 0 aliphatic heterocycles. The fraction of sp³-hybridized carbons (Fsp3) is 0.250. The van der Waals surface area contributed by atoms with Gasteiger partial charge in [-0.15, -0.1) is 11.8 Å². The molecule has 1 rings (SSSR count). The van der Waals surface area contributed by atoms with Crippen LogP contribution in [0.4, 0.5) is 0 Å². The van der Waals surface area contributed by atoms with Crippen LogP contribution in [0.5, 0.6) is 0 Å². The molecule has 0 atom stereocenters. The Labute approximate surface area is 77.0 Å². The Kier molecular flexibility index (Phi) is 2.72. The summed E-state index contributed by atoms with van der Waals surface area (Å²) in [5.41, 5.74) is -1.22. The fourth-order valence-electron chi connectivity index (χ4n) is 0.599. The van der Waals surface area contributed by atoms with Crippen LogP contribution in [-0.2, 0) is 0 Å². The third kappa shape index (κ3) is 2.76. The molecule has 54 valence electrons. The third-order valence-electron chi connectivity index (χ3n) is 0.988. The first kappa shape index (κ1) is 5.67. The highest BCUT2D eigenvalue weighted by atomic mass is 79.9. The molecule has 0 aliphatic rings. The number of benzene rings is 1. The van der Waals surface area contributed by atoms with E-state index in [2.05, 4.69) is 15.9 Å². The number of hydrogen-bond donors (Lipinski definition) is 0. The summed E-state index contributed by atoms with van der Waals surface area (Å²) < 4.78 is 15.0. The van der Waals surface area contributed by atoms with Crippen molar-refractivity contribution in [2.45, 2.75) is 4.90 Å². The third-order valence-corrected chi connectivity index (χ3v) is 2.44. The van der Waals surface area contributed by atoms with Crippen LogP contribution < -0.4 is 0 Å². The Hall–Kier alpha value is 0.0500. The van der Waals surface area contributed by atoms with Crippen LogP contribution in [0.2, 0.25) is 0 Å². The largest absolute Gasteiger partial charge is 0.125 e. The monoisotopic (exact) mass is 218 g/mol. The SMILES string of the molecule is [2H]C([2H])(CBr)Sc1ccccc1. The van der Waals surface area contributed by atoms with Gasteiger partial charge in [0, 0.05) is 18.7 Å². The molecule has 2 heteroatoms. The average molecular weight is 219 g/mol. The van der Waals surface area contributed by atoms with Crippen molar-refractivity contribution in [3.05, 3.63) is 30.3 Å². The Morgan fingerprint density at radius 1 is 1.40 bits per heavy atom. The second-order valence-corrected chi connectivity index (χ2v) is 3.22. The summed E-state index contributed by atoms with van der Waals surface area (Å²) in [6.07, 6.45) is 0. The topological polar surface area (TPSA) is 0 Å². The van der Waals surface area contributed by atoms with Crippen LogP contribution >= 0.6 is 27.7 Å². The Morgan fingerprint density at radius 3 is 2.70 bits per heavy atom. The molecule has 0 heterocycles. The van der Waals surface area contributed by atoms with Crippen LogP contribution in [0.25, 0.3) is 0 Å². The van der Waals surface area contributed by atoms with Gasteiger partial charge in [-0.1, -0.05) is 34.1 Å². The van der Waals surface area contributed by atoms with Crippen molar-refractivity contribution in [1.82, 2.24) is 0 Å². The van der Waals surface area contributed by atoms with Crippen molar-refractivity contribution in [3.63, 3.8) is 0 Å². The zero-order valence-corrected chi connectivity index (χ0v) is 7.78. The molecule has 0 radical (unpaired) electrons. The van der Waals surface area contributed by atoms with Crippen LogP contribution in [0.15, 0.2) is 35.2 Å². The molecule has 0 aliphatic carbocycles. The molecule has 0 aromatic heterocycles. The van der Waals surface area contributed by atoms with Gasteiger partial charge in [-0.2, -0.15) is 0 Å². The highest BCUT2D eigenvalue weighted by Gasteiger charge is 1.88. The maximum absolute atomic E-state index is 7.50. The van der Waals surface area contributed by atoms with E-state index in [0.717, 1.165) is 4.90 Å². The van der Waals surface area contributed by atoms with E-state index in [0.29, 0.717) is 5.33 Å². The molecule has 0 fully saturated rings. The highest BCUT2D eigenvalue weighted by molar-refractivity contribution is 9.09. The van der Waals surface area contributed by atoms with E-state index in [1.807, 2.05) is 30.3 Å². The maximum Gasteiger partial charge on any atom is 0.0393 e. The van der Waals surface area contributed by atoms with E-state index >= 15 is 0 Å². The summed E-state index contributed by atoms with van der Waals surface area (Å²) in [5, 5.41) is 0.347. The van der Waals surface area contributed by atoms with E-state index in [1.54, 1.807) is 0 Å². The van der Waals surface area contributed by atoms with E-state index in [1.165, 1.54) is 11.8 Å².